The summed E-state index contributed by atoms with van der Waals surface area (Å²) in [4.78, 5) is 0. The topological polar surface area (TPSA) is 9.23 Å². The first-order valence-corrected chi connectivity index (χ1v) is 7.04. The van der Waals surface area contributed by atoms with Gasteiger partial charge in [0.1, 0.15) is 0 Å². The van der Waals surface area contributed by atoms with Gasteiger partial charge in [-0.2, -0.15) is 0 Å². The van der Waals surface area contributed by atoms with Crippen molar-refractivity contribution in [1.82, 2.24) is 0 Å². The molecule has 0 saturated heterocycles. The van der Waals surface area contributed by atoms with Gasteiger partial charge in [0.25, 0.3) is 0 Å². The number of allylic oxidation sites excluding steroid dienone is 2. The summed E-state index contributed by atoms with van der Waals surface area (Å²) in [5.74, 6) is 2.69. The minimum Gasteiger partial charge on any atom is -0.556 e. The van der Waals surface area contributed by atoms with Crippen molar-refractivity contribution in [3.8, 4) is 0 Å². The molecule has 2 heteroatoms. The van der Waals surface area contributed by atoms with E-state index in [0.717, 1.165) is 22.8 Å². The smallest absolute Gasteiger partial charge is 0.203 e. The van der Waals surface area contributed by atoms with Gasteiger partial charge in [-0.05, 0) is 36.2 Å². The minimum absolute atomic E-state index is 0.398. The quantitative estimate of drug-likeness (QED) is 0.672. The molecule has 15 heavy (non-hydrogen) atoms. The van der Waals surface area contributed by atoms with E-state index in [2.05, 4.69) is 33.8 Å². The molecule has 0 aromatic carbocycles. The van der Waals surface area contributed by atoms with Crippen LogP contribution < -0.4 is 0 Å². The summed E-state index contributed by atoms with van der Waals surface area (Å²) in [5, 5.41) is 0. The molecule has 0 heterocycles. The highest BCUT2D eigenvalue weighted by molar-refractivity contribution is 5.98. The maximum atomic E-state index is 5.58. The molecule has 1 rings (SSSR count). The summed E-state index contributed by atoms with van der Waals surface area (Å²) in [6.07, 6.45) is 7.57. The van der Waals surface area contributed by atoms with Crippen LogP contribution in [0.15, 0.2) is 11.8 Å². The predicted octanol–water partition coefficient (Wildman–Crippen LogP) is 3.04. The summed E-state index contributed by atoms with van der Waals surface area (Å²) < 4.78 is 5.58. The molecule has 0 aromatic rings. The zero-order valence-electron chi connectivity index (χ0n) is 11.0. The molecule has 0 bridgehead atoms. The van der Waals surface area contributed by atoms with Crippen LogP contribution in [0.2, 0.25) is 0 Å². The Morgan fingerprint density at radius 1 is 1.40 bits per heavy atom. The van der Waals surface area contributed by atoms with Gasteiger partial charge in [0.2, 0.25) is 10.5 Å². The standard InChI is InChI=1S/C13H26OSi/c1-10(2)13(3,4)11-7-5-6-8-12(9-11)14-15/h9-11H,5-8H2,1-4,15H3. The molecule has 1 unspecified atom stereocenters. The van der Waals surface area contributed by atoms with Crippen molar-refractivity contribution in [2.24, 2.45) is 17.3 Å². The lowest BCUT2D eigenvalue weighted by Gasteiger charge is -2.36. The van der Waals surface area contributed by atoms with Crippen molar-refractivity contribution in [2.75, 3.05) is 0 Å². The first kappa shape index (κ1) is 12.8. The van der Waals surface area contributed by atoms with Crippen molar-refractivity contribution < 1.29 is 4.43 Å². The van der Waals surface area contributed by atoms with Crippen molar-refractivity contribution >= 4 is 10.5 Å². The Labute approximate surface area is 97.8 Å². The SMILES string of the molecule is CC(C)C(C)(C)C1C=C(O[SiH3])CCCC1. The van der Waals surface area contributed by atoms with Crippen molar-refractivity contribution in [2.45, 2.75) is 53.4 Å². The van der Waals surface area contributed by atoms with Gasteiger partial charge < -0.3 is 4.43 Å². The maximum Gasteiger partial charge on any atom is 0.203 e. The molecular formula is C13H26OSi. The van der Waals surface area contributed by atoms with E-state index in [1.54, 1.807) is 0 Å². The summed E-state index contributed by atoms with van der Waals surface area (Å²) in [6.45, 7) is 9.46. The van der Waals surface area contributed by atoms with Gasteiger partial charge in [0.15, 0.2) is 0 Å². The van der Waals surface area contributed by atoms with E-state index in [1.165, 1.54) is 25.0 Å². The summed E-state index contributed by atoms with van der Waals surface area (Å²) in [6, 6.07) is 0. The van der Waals surface area contributed by atoms with E-state index < -0.39 is 0 Å². The lowest BCUT2D eigenvalue weighted by Crippen LogP contribution is -2.28. The van der Waals surface area contributed by atoms with Crippen LogP contribution in [0.4, 0.5) is 0 Å². The fourth-order valence-electron chi connectivity index (χ4n) is 2.24. The zero-order chi connectivity index (χ0) is 11.5. The first-order valence-electron chi connectivity index (χ1n) is 6.23. The molecule has 0 aromatic heterocycles. The Morgan fingerprint density at radius 2 is 2.07 bits per heavy atom. The summed E-state index contributed by atoms with van der Waals surface area (Å²) in [5.41, 5.74) is 0.398. The molecular weight excluding hydrogens is 200 g/mol. The largest absolute Gasteiger partial charge is 0.556 e. The van der Waals surface area contributed by atoms with Gasteiger partial charge in [-0.1, -0.05) is 34.1 Å². The van der Waals surface area contributed by atoms with Gasteiger partial charge >= 0.3 is 0 Å². The Hall–Kier alpha value is -0.243. The van der Waals surface area contributed by atoms with Crippen LogP contribution >= 0.6 is 0 Å². The van der Waals surface area contributed by atoms with Crippen molar-refractivity contribution in [3.05, 3.63) is 11.8 Å². The monoisotopic (exact) mass is 226 g/mol. The molecule has 0 fully saturated rings. The second-order valence-electron chi connectivity index (χ2n) is 5.67. The van der Waals surface area contributed by atoms with Gasteiger partial charge in [-0.25, -0.2) is 0 Å². The third-order valence-corrected chi connectivity index (χ3v) is 4.81. The highest BCUT2D eigenvalue weighted by Crippen LogP contribution is 2.41. The molecule has 0 spiro atoms. The molecule has 1 aliphatic carbocycles. The van der Waals surface area contributed by atoms with Crippen molar-refractivity contribution in [3.63, 3.8) is 0 Å². The van der Waals surface area contributed by atoms with Crippen LogP contribution in [0.25, 0.3) is 0 Å². The molecule has 0 N–H and O–H groups in total. The molecule has 0 saturated carbocycles. The van der Waals surface area contributed by atoms with Gasteiger partial charge in [-0.15, -0.1) is 0 Å². The summed E-state index contributed by atoms with van der Waals surface area (Å²) in [7, 11) is 0.834. The van der Waals surface area contributed by atoms with E-state index >= 15 is 0 Å². The van der Waals surface area contributed by atoms with E-state index in [0.29, 0.717) is 11.3 Å². The van der Waals surface area contributed by atoms with Crippen LogP contribution in [0.5, 0.6) is 0 Å². The van der Waals surface area contributed by atoms with Crippen LogP contribution in [0.3, 0.4) is 0 Å². The highest BCUT2D eigenvalue weighted by atomic mass is 28.2. The van der Waals surface area contributed by atoms with Gasteiger partial charge in [0.05, 0.1) is 5.76 Å². The Bertz CT molecular complexity index is 231. The average molecular weight is 226 g/mol. The maximum absolute atomic E-state index is 5.58. The molecule has 0 aliphatic heterocycles. The molecule has 0 amide bonds. The minimum atomic E-state index is 0.398. The highest BCUT2D eigenvalue weighted by Gasteiger charge is 2.31. The van der Waals surface area contributed by atoms with Crippen LogP contribution in [-0.2, 0) is 4.43 Å². The van der Waals surface area contributed by atoms with E-state index in [9.17, 15) is 0 Å². The second kappa shape index (κ2) is 5.20. The third-order valence-electron chi connectivity index (χ3n) is 4.28. The number of hydrogen-bond acceptors (Lipinski definition) is 1. The Kier molecular flexibility index (Phi) is 4.44. The molecule has 1 aliphatic rings. The average Bonchev–Trinajstić information content (AvgIpc) is 2.42. The summed E-state index contributed by atoms with van der Waals surface area (Å²) >= 11 is 0. The third kappa shape index (κ3) is 3.10. The zero-order valence-corrected chi connectivity index (χ0v) is 13.0. The fourth-order valence-corrected chi connectivity index (χ4v) is 2.58. The van der Waals surface area contributed by atoms with Gasteiger partial charge in [-0.3, -0.25) is 0 Å². The van der Waals surface area contributed by atoms with E-state index in [4.69, 9.17) is 4.43 Å². The Morgan fingerprint density at radius 3 is 2.60 bits per heavy atom. The van der Waals surface area contributed by atoms with Crippen LogP contribution in [-0.4, -0.2) is 10.5 Å². The van der Waals surface area contributed by atoms with Gasteiger partial charge in [0, 0.05) is 6.42 Å². The second-order valence-corrected chi connectivity index (χ2v) is 6.07. The lowest BCUT2D eigenvalue weighted by molar-refractivity contribution is 0.162. The number of hydrogen-bond donors (Lipinski definition) is 0. The van der Waals surface area contributed by atoms with E-state index in [1.807, 2.05) is 0 Å². The van der Waals surface area contributed by atoms with Crippen molar-refractivity contribution in [1.29, 1.82) is 0 Å². The first-order chi connectivity index (χ1) is 6.98. The lowest BCUT2D eigenvalue weighted by atomic mass is 9.69. The molecule has 1 nitrogen and oxygen atoms in total. The molecule has 0 radical (unpaired) electrons. The predicted molar refractivity (Wildman–Crippen MR) is 69.7 cm³/mol. The van der Waals surface area contributed by atoms with Crippen LogP contribution in [0, 0.1) is 17.3 Å². The fraction of sp³-hybridized carbons (Fsp3) is 0.846. The number of rotatable bonds is 3. The Balaban J connectivity index is 2.82. The molecule has 1 atom stereocenters. The molecule has 88 valence electrons. The normalized spacial score (nSPS) is 23.8. The van der Waals surface area contributed by atoms with Crippen LogP contribution in [0.1, 0.15) is 53.4 Å². The van der Waals surface area contributed by atoms with E-state index in [-0.39, 0.29) is 0 Å².